The van der Waals surface area contributed by atoms with E-state index in [0.717, 1.165) is 24.7 Å². The van der Waals surface area contributed by atoms with E-state index in [2.05, 4.69) is 0 Å². The number of aliphatic carboxylic acids is 2. The number of hydrogen-bond acceptors (Lipinski definition) is 2. The molecule has 3 rings (SSSR count). The maximum atomic E-state index is 11.7. The molecule has 0 aromatic carbocycles. The van der Waals surface area contributed by atoms with E-state index < -0.39 is 11.9 Å². The van der Waals surface area contributed by atoms with E-state index in [1.807, 2.05) is 0 Å². The van der Waals surface area contributed by atoms with Crippen molar-refractivity contribution in [3.63, 3.8) is 0 Å². The van der Waals surface area contributed by atoms with Crippen molar-refractivity contribution in [1.82, 2.24) is 0 Å². The molecule has 4 heteroatoms. The highest BCUT2D eigenvalue weighted by molar-refractivity contribution is 5.70. The van der Waals surface area contributed by atoms with Crippen LogP contribution in [0.25, 0.3) is 0 Å². The van der Waals surface area contributed by atoms with Crippen LogP contribution in [0.4, 0.5) is 0 Å². The van der Waals surface area contributed by atoms with Crippen LogP contribution in [0.5, 0.6) is 0 Å². The van der Waals surface area contributed by atoms with E-state index in [9.17, 15) is 14.7 Å². The van der Waals surface area contributed by atoms with Crippen LogP contribution >= 0.6 is 0 Å². The Labute approximate surface area is 157 Å². The second-order valence-electron chi connectivity index (χ2n) is 9.45. The van der Waals surface area contributed by atoms with Crippen LogP contribution in [0.1, 0.15) is 96.3 Å². The van der Waals surface area contributed by atoms with Crippen molar-refractivity contribution in [3.8, 4) is 0 Å². The Morgan fingerprint density at radius 2 is 1.42 bits per heavy atom. The molecule has 0 aromatic rings. The van der Waals surface area contributed by atoms with Crippen LogP contribution in [0.15, 0.2) is 0 Å². The van der Waals surface area contributed by atoms with E-state index in [4.69, 9.17) is 5.11 Å². The Bertz CT molecular complexity index is 476. The molecule has 3 saturated carbocycles. The minimum atomic E-state index is -0.824. The summed E-state index contributed by atoms with van der Waals surface area (Å²) in [6.07, 6.45) is 17.0. The van der Waals surface area contributed by atoms with E-state index in [-0.39, 0.29) is 18.3 Å². The van der Waals surface area contributed by atoms with E-state index in [0.29, 0.717) is 18.3 Å². The number of carboxylic acid groups (broad SMARTS) is 2. The molecule has 0 saturated heterocycles. The van der Waals surface area contributed by atoms with Gasteiger partial charge in [-0.15, -0.1) is 0 Å². The summed E-state index contributed by atoms with van der Waals surface area (Å²) in [7, 11) is 0. The predicted octanol–water partition coefficient (Wildman–Crippen LogP) is 5.50. The standard InChI is InChI=1S/C22H36O4/c23-20(24)5-3-4-19(21(25)26)18-8-6-16(7-9-18)17-10-14-22(15-11-17)12-1-2-13-22/h16-19H,1-15H2,(H,23,24)(H,25,26). The highest BCUT2D eigenvalue weighted by Crippen LogP contribution is 2.53. The summed E-state index contributed by atoms with van der Waals surface area (Å²) in [6.45, 7) is 0. The summed E-state index contributed by atoms with van der Waals surface area (Å²) in [5.41, 5.74) is 0.701. The van der Waals surface area contributed by atoms with Gasteiger partial charge in [0.1, 0.15) is 0 Å². The van der Waals surface area contributed by atoms with Gasteiger partial charge in [0.05, 0.1) is 5.92 Å². The van der Waals surface area contributed by atoms with Gasteiger partial charge in [-0.25, -0.2) is 0 Å². The molecule has 0 radical (unpaired) electrons. The Morgan fingerprint density at radius 3 is 1.96 bits per heavy atom. The van der Waals surface area contributed by atoms with Crippen LogP contribution in [0.2, 0.25) is 0 Å². The maximum absolute atomic E-state index is 11.7. The predicted molar refractivity (Wildman–Crippen MR) is 101 cm³/mol. The third-order valence-electron chi connectivity index (χ3n) is 8.03. The van der Waals surface area contributed by atoms with Crippen molar-refractivity contribution in [3.05, 3.63) is 0 Å². The van der Waals surface area contributed by atoms with Gasteiger partial charge in [-0.3, -0.25) is 9.59 Å². The van der Waals surface area contributed by atoms with Gasteiger partial charge in [0.25, 0.3) is 0 Å². The van der Waals surface area contributed by atoms with Crippen molar-refractivity contribution in [2.45, 2.75) is 96.3 Å². The Balaban J connectivity index is 1.44. The monoisotopic (exact) mass is 364 g/mol. The fourth-order valence-corrected chi connectivity index (χ4v) is 6.40. The molecule has 4 nitrogen and oxygen atoms in total. The topological polar surface area (TPSA) is 74.6 Å². The number of rotatable bonds is 7. The van der Waals surface area contributed by atoms with E-state index in [1.165, 1.54) is 64.2 Å². The molecule has 26 heavy (non-hydrogen) atoms. The SMILES string of the molecule is O=C(O)CCCC(C(=O)O)C1CCC(C2CCC3(CCCC3)CC2)CC1. The molecule has 0 heterocycles. The van der Waals surface area contributed by atoms with Gasteiger partial charge in [-0.05, 0) is 100 Å². The Hall–Kier alpha value is -1.06. The molecule has 0 aromatic heterocycles. The first-order valence-corrected chi connectivity index (χ1v) is 10.9. The van der Waals surface area contributed by atoms with Crippen molar-refractivity contribution in [1.29, 1.82) is 0 Å². The van der Waals surface area contributed by atoms with Gasteiger partial charge in [0, 0.05) is 6.42 Å². The van der Waals surface area contributed by atoms with Crippen molar-refractivity contribution in [2.24, 2.45) is 29.1 Å². The molecule has 148 valence electrons. The molecule has 0 bridgehead atoms. The van der Waals surface area contributed by atoms with E-state index in [1.54, 1.807) is 0 Å². The molecular formula is C22H36O4. The molecule has 2 N–H and O–H groups in total. The summed E-state index contributed by atoms with van der Waals surface area (Å²) in [4.78, 5) is 22.3. The molecule has 0 aliphatic heterocycles. The van der Waals surface area contributed by atoms with Crippen molar-refractivity contribution in [2.75, 3.05) is 0 Å². The Kier molecular flexibility index (Phi) is 6.63. The molecule has 1 atom stereocenters. The third kappa shape index (κ3) is 4.80. The highest BCUT2D eigenvalue weighted by Gasteiger charge is 2.40. The summed E-state index contributed by atoms with van der Waals surface area (Å²) < 4.78 is 0. The van der Waals surface area contributed by atoms with Gasteiger partial charge < -0.3 is 10.2 Å². The number of carbonyl (C=O) groups is 2. The minimum Gasteiger partial charge on any atom is -0.481 e. The Morgan fingerprint density at radius 1 is 0.846 bits per heavy atom. The number of carboxylic acids is 2. The zero-order valence-electron chi connectivity index (χ0n) is 16.1. The van der Waals surface area contributed by atoms with Crippen LogP contribution in [-0.4, -0.2) is 22.2 Å². The van der Waals surface area contributed by atoms with Crippen LogP contribution in [0.3, 0.4) is 0 Å². The van der Waals surface area contributed by atoms with E-state index >= 15 is 0 Å². The normalized spacial score (nSPS) is 30.3. The van der Waals surface area contributed by atoms with Crippen molar-refractivity contribution >= 4 is 11.9 Å². The lowest BCUT2D eigenvalue weighted by molar-refractivity contribution is -0.145. The quantitative estimate of drug-likeness (QED) is 0.625. The summed E-state index contributed by atoms with van der Waals surface area (Å²) in [5.74, 6) is 0.0384. The van der Waals surface area contributed by atoms with Crippen LogP contribution in [0, 0.1) is 29.1 Å². The molecule has 3 aliphatic carbocycles. The molecule has 3 aliphatic rings. The largest absolute Gasteiger partial charge is 0.481 e. The minimum absolute atomic E-state index is 0.0863. The molecule has 3 fully saturated rings. The molecule has 0 amide bonds. The second kappa shape index (κ2) is 8.75. The maximum Gasteiger partial charge on any atom is 0.306 e. The van der Waals surface area contributed by atoms with Crippen LogP contribution in [-0.2, 0) is 9.59 Å². The first-order valence-electron chi connectivity index (χ1n) is 10.9. The third-order valence-corrected chi connectivity index (χ3v) is 8.03. The average Bonchev–Trinajstić information content (AvgIpc) is 3.07. The average molecular weight is 365 g/mol. The van der Waals surface area contributed by atoms with Crippen LogP contribution < -0.4 is 0 Å². The summed E-state index contributed by atoms with van der Waals surface area (Å²) >= 11 is 0. The molecule has 1 unspecified atom stereocenters. The summed E-state index contributed by atoms with van der Waals surface area (Å²) in [5, 5.41) is 18.4. The zero-order valence-corrected chi connectivity index (χ0v) is 16.1. The van der Waals surface area contributed by atoms with Gasteiger partial charge in [0.2, 0.25) is 0 Å². The highest BCUT2D eigenvalue weighted by atomic mass is 16.4. The first-order chi connectivity index (χ1) is 12.5. The number of hydrogen-bond donors (Lipinski definition) is 2. The van der Waals surface area contributed by atoms with Crippen molar-refractivity contribution < 1.29 is 19.8 Å². The van der Waals surface area contributed by atoms with Gasteiger partial charge >= 0.3 is 11.9 Å². The van der Waals surface area contributed by atoms with Gasteiger partial charge in [-0.2, -0.15) is 0 Å². The zero-order chi connectivity index (χ0) is 18.6. The van der Waals surface area contributed by atoms with Gasteiger partial charge in [0.15, 0.2) is 0 Å². The second-order valence-corrected chi connectivity index (χ2v) is 9.45. The molecular weight excluding hydrogens is 328 g/mol. The lowest BCUT2D eigenvalue weighted by Crippen LogP contribution is -2.33. The van der Waals surface area contributed by atoms with Gasteiger partial charge in [-0.1, -0.05) is 12.8 Å². The smallest absolute Gasteiger partial charge is 0.306 e. The lowest BCUT2D eigenvalue weighted by atomic mass is 9.63. The first kappa shape index (κ1) is 19.7. The lowest BCUT2D eigenvalue weighted by Gasteiger charge is -2.42. The fourth-order valence-electron chi connectivity index (χ4n) is 6.40. The fraction of sp³-hybridized carbons (Fsp3) is 0.909. The summed E-state index contributed by atoms with van der Waals surface area (Å²) in [6, 6.07) is 0. The molecule has 1 spiro atoms.